The standard InChI is InChI=1S/C24H24N2O4/c1-15-21(26-23(29-15)18-10-4-3-5-11-18)24(28)30-16(2)22(27)25-20-14-8-12-17-9-6-7-13-19(17)20/h3-7,9-11,13,16,20H,8,12,14H2,1-2H3,(H,25,27)/t16-,20-/m0/s1. The van der Waals surface area contributed by atoms with Crippen molar-refractivity contribution in [2.45, 2.75) is 45.3 Å². The number of benzene rings is 2. The molecule has 2 atom stereocenters. The number of amides is 1. The minimum atomic E-state index is -0.942. The molecule has 0 saturated heterocycles. The van der Waals surface area contributed by atoms with Gasteiger partial charge in [-0.25, -0.2) is 9.78 Å². The molecule has 154 valence electrons. The Morgan fingerprint density at radius 2 is 1.87 bits per heavy atom. The second kappa shape index (κ2) is 8.53. The fourth-order valence-electron chi connectivity index (χ4n) is 3.75. The topological polar surface area (TPSA) is 81.4 Å². The molecule has 0 fully saturated rings. The molecule has 1 heterocycles. The molecule has 0 bridgehead atoms. The van der Waals surface area contributed by atoms with E-state index in [4.69, 9.17) is 9.15 Å². The van der Waals surface area contributed by atoms with Crippen molar-refractivity contribution in [2.24, 2.45) is 0 Å². The smallest absolute Gasteiger partial charge is 0.361 e. The number of aromatic nitrogens is 1. The van der Waals surface area contributed by atoms with Crippen LogP contribution < -0.4 is 5.32 Å². The van der Waals surface area contributed by atoms with Crippen molar-refractivity contribution in [2.75, 3.05) is 0 Å². The van der Waals surface area contributed by atoms with Gasteiger partial charge < -0.3 is 14.5 Å². The summed E-state index contributed by atoms with van der Waals surface area (Å²) in [4.78, 5) is 29.5. The Morgan fingerprint density at radius 1 is 1.13 bits per heavy atom. The quantitative estimate of drug-likeness (QED) is 0.638. The number of carbonyl (C=O) groups excluding carboxylic acids is 2. The third-order valence-electron chi connectivity index (χ3n) is 5.35. The molecule has 4 rings (SSSR count). The van der Waals surface area contributed by atoms with E-state index in [1.807, 2.05) is 48.5 Å². The molecule has 0 spiro atoms. The Bertz CT molecular complexity index is 1060. The van der Waals surface area contributed by atoms with Crippen molar-refractivity contribution in [1.82, 2.24) is 10.3 Å². The lowest BCUT2D eigenvalue weighted by atomic mass is 9.87. The summed E-state index contributed by atoms with van der Waals surface area (Å²) in [6.07, 6.45) is 1.95. The van der Waals surface area contributed by atoms with Crippen LogP contribution in [0.3, 0.4) is 0 Å². The Balaban J connectivity index is 1.42. The summed E-state index contributed by atoms with van der Waals surface area (Å²) in [5, 5.41) is 3.02. The number of nitrogens with zero attached hydrogens (tertiary/aromatic N) is 1. The first-order chi connectivity index (χ1) is 14.5. The maximum atomic E-state index is 12.7. The van der Waals surface area contributed by atoms with Gasteiger partial charge in [-0.1, -0.05) is 42.5 Å². The molecule has 1 N–H and O–H groups in total. The van der Waals surface area contributed by atoms with Crippen LogP contribution in [-0.2, 0) is 16.0 Å². The molecule has 3 aromatic rings. The third kappa shape index (κ3) is 4.13. The number of esters is 1. The van der Waals surface area contributed by atoms with Crippen LogP contribution in [0.1, 0.15) is 53.2 Å². The van der Waals surface area contributed by atoms with Crippen LogP contribution in [0, 0.1) is 6.92 Å². The van der Waals surface area contributed by atoms with Crippen molar-refractivity contribution >= 4 is 11.9 Å². The highest BCUT2D eigenvalue weighted by atomic mass is 16.5. The predicted molar refractivity (Wildman–Crippen MR) is 112 cm³/mol. The van der Waals surface area contributed by atoms with Crippen LogP contribution in [0.25, 0.3) is 11.5 Å². The zero-order chi connectivity index (χ0) is 21.1. The van der Waals surface area contributed by atoms with Gasteiger partial charge in [0, 0.05) is 5.56 Å². The van der Waals surface area contributed by atoms with E-state index in [9.17, 15) is 9.59 Å². The lowest BCUT2D eigenvalue weighted by molar-refractivity contribution is -0.130. The second-order valence-corrected chi connectivity index (χ2v) is 7.49. The summed E-state index contributed by atoms with van der Waals surface area (Å²) in [5.41, 5.74) is 3.23. The van der Waals surface area contributed by atoms with Gasteiger partial charge in [0.15, 0.2) is 11.8 Å². The van der Waals surface area contributed by atoms with Crippen molar-refractivity contribution in [3.8, 4) is 11.5 Å². The van der Waals surface area contributed by atoms with Gasteiger partial charge in [0.1, 0.15) is 5.76 Å². The van der Waals surface area contributed by atoms with Gasteiger partial charge >= 0.3 is 5.97 Å². The number of carbonyl (C=O) groups is 2. The van der Waals surface area contributed by atoms with E-state index in [2.05, 4.69) is 16.4 Å². The Morgan fingerprint density at radius 3 is 2.67 bits per heavy atom. The molecule has 1 aliphatic carbocycles. The van der Waals surface area contributed by atoms with E-state index in [1.165, 1.54) is 5.56 Å². The number of aryl methyl sites for hydroxylation is 2. The van der Waals surface area contributed by atoms with E-state index >= 15 is 0 Å². The van der Waals surface area contributed by atoms with Crippen LogP contribution in [0.2, 0.25) is 0 Å². The highest BCUT2D eigenvalue weighted by Gasteiger charge is 2.27. The van der Waals surface area contributed by atoms with Gasteiger partial charge in [-0.3, -0.25) is 4.79 Å². The molecule has 0 unspecified atom stereocenters. The summed E-state index contributed by atoms with van der Waals surface area (Å²) < 4.78 is 11.0. The SMILES string of the molecule is Cc1oc(-c2ccccc2)nc1C(=O)O[C@@H](C)C(=O)N[C@H]1CCCc2ccccc21. The van der Waals surface area contributed by atoms with Crippen LogP contribution >= 0.6 is 0 Å². The number of fused-ring (bicyclic) bond motifs is 1. The number of hydrogen-bond acceptors (Lipinski definition) is 5. The minimum Gasteiger partial charge on any atom is -0.448 e. The minimum absolute atomic E-state index is 0.0675. The van der Waals surface area contributed by atoms with E-state index in [0.29, 0.717) is 11.7 Å². The van der Waals surface area contributed by atoms with Crippen molar-refractivity contribution in [3.05, 3.63) is 77.2 Å². The largest absolute Gasteiger partial charge is 0.448 e. The molecule has 1 amide bonds. The fraction of sp³-hybridized carbons (Fsp3) is 0.292. The van der Waals surface area contributed by atoms with Crippen molar-refractivity contribution in [1.29, 1.82) is 0 Å². The number of oxazole rings is 1. The van der Waals surface area contributed by atoms with Crippen LogP contribution in [0.15, 0.2) is 59.0 Å². The summed E-state index contributed by atoms with van der Waals surface area (Å²) >= 11 is 0. The molecule has 0 aliphatic heterocycles. The third-order valence-corrected chi connectivity index (χ3v) is 5.35. The monoisotopic (exact) mass is 404 g/mol. The van der Waals surface area contributed by atoms with Crippen molar-refractivity contribution < 1.29 is 18.7 Å². The number of nitrogens with one attached hydrogen (secondary N) is 1. The summed E-state index contributed by atoms with van der Waals surface area (Å²) in [7, 11) is 0. The molecule has 1 aromatic heterocycles. The van der Waals surface area contributed by atoms with E-state index in [0.717, 1.165) is 30.4 Å². The summed E-state index contributed by atoms with van der Waals surface area (Å²) in [5.74, 6) is -0.303. The normalized spacial score (nSPS) is 16.4. The lowest BCUT2D eigenvalue weighted by Gasteiger charge is -2.27. The molecule has 30 heavy (non-hydrogen) atoms. The van der Waals surface area contributed by atoms with Gasteiger partial charge in [-0.15, -0.1) is 0 Å². The number of rotatable bonds is 5. The Labute approximate surface area is 175 Å². The molecule has 2 aromatic carbocycles. The molecule has 1 aliphatic rings. The average molecular weight is 404 g/mol. The first kappa shape index (κ1) is 19.9. The molecule has 0 radical (unpaired) electrons. The fourth-order valence-corrected chi connectivity index (χ4v) is 3.75. The highest BCUT2D eigenvalue weighted by Crippen LogP contribution is 2.29. The zero-order valence-electron chi connectivity index (χ0n) is 17.1. The first-order valence-electron chi connectivity index (χ1n) is 10.1. The molecular weight excluding hydrogens is 380 g/mol. The summed E-state index contributed by atoms with van der Waals surface area (Å²) in [6.45, 7) is 3.22. The maximum Gasteiger partial charge on any atom is 0.361 e. The summed E-state index contributed by atoms with van der Waals surface area (Å²) in [6, 6.07) is 17.4. The lowest BCUT2D eigenvalue weighted by Crippen LogP contribution is -2.39. The second-order valence-electron chi connectivity index (χ2n) is 7.49. The van der Waals surface area contributed by atoms with Gasteiger partial charge in [0.2, 0.25) is 5.89 Å². The van der Waals surface area contributed by atoms with E-state index in [-0.39, 0.29) is 17.6 Å². The van der Waals surface area contributed by atoms with Crippen LogP contribution in [0.4, 0.5) is 0 Å². The molecular formula is C24H24N2O4. The average Bonchev–Trinajstić information content (AvgIpc) is 3.16. The van der Waals surface area contributed by atoms with Crippen LogP contribution in [0.5, 0.6) is 0 Å². The van der Waals surface area contributed by atoms with Gasteiger partial charge in [0.05, 0.1) is 6.04 Å². The Kier molecular flexibility index (Phi) is 5.65. The number of ether oxygens (including phenoxy) is 1. The molecule has 6 heteroatoms. The van der Waals surface area contributed by atoms with Crippen LogP contribution in [-0.4, -0.2) is 23.0 Å². The van der Waals surface area contributed by atoms with Gasteiger partial charge in [0.25, 0.3) is 5.91 Å². The van der Waals surface area contributed by atoms with E-state index < -0.39 is 12.1 Å². The number of hydrogen-bond donors (Lipinski definition) is 1. The van der Waals surface area contributed by atoms with Gasteiger partial charge in [-0.05, 0) is 56.4 Å². The highest BCUT2D eigenvalue weighted by molar-refractivity contribution is 5.92. The maximum absolute atomic E-state index is 12.7. The zero-order valence-corrected chi connectivity index (χ0v) is 17.1. The first-order valence-corrected chi connectivity index (χ1v) is 10.1. The van der Waals surface area contributed by atoms with E-state index in [1.54, 1.807) is 13.8 Å². The predicted octanol–water partition coefficient (Wildman–Crippen LogP) is 4.39. The molecule has 0 saturated carbocycles. The Hall–Kier alpha value is -3.41. The van der Waals surface area contributed by atoms with Crippen molar-refractivity contribution in [3.63, 3.8) is 0 Å². The van der Waals surface area contributed by atoms with Gasteiger partial charge in [-0.2, -0.15) is 0 Å². The molecule has 6 nitrogen and oxygen atoms in total.